The van der Waals surface area contributed by atoms with Crippen LogP contribution in [0.3, 0.4) is 0 Å². The molecule has 0 aliphatic carbocycles. The van der Waals surface area contributed by atoms with E-state index >= 15 is 0 Å². The van der Waals surface area contributed by atoms with Gasteiger partial charge in [-0.3, -0.25) is 0 Å². The molecule has 2 aromatic heterocycles. The Labute approximate surface area is 197 Å². The number of amides is 1. The number of carbonyl (C=O) groups excluding carboxylic acids is 1. The second-order valence-electron chi connectivity index (χ2n) is 9.62. The molecule has 2 fully saturated rings. The fourth-order valence-corrected chi connectivity index (χ4v) is 5.34. The molecule has 0 spiro atoms. The lowest BCUT2D eigenvalue weighted by Gasteiger charge is -2.25. The molecule has 0 radical (unpaired) electrons. The number of likely N-dealkylation sites (tertiary alicyclic amines) is 1. The van der Waals surface area contributed by atoms with Crippen LogP contribution in [0.15, 0.2) is 30.5 Å². The van der Waals surface area contributed by atoms with Crippen molar-refractivity contribution in [3.63, 3.8) is 0 Å². The van der Waals surface area contributed by atoms with Crippen molar-refractivity contribution in [3.8, 4) is 17.0 Å². The molecule has 2 saturated heterocycles. The summed E-state index contributed by atoms with van der Waals surface area (Å²) in [4.78, 5) is 21.6. The zero-order valence-corrected chi connectivity index (χ0v) is 19.7. The van der Waals surface area contributed by atoms with Crippen molar-refractivity contribution >= 4 is 27.5 Å². The van der Waals surface area contributed by atoms with E-state index in [1.165, 1.54) is 29.5 Å². The Hall–Kier alpha value is -3.02. The van der Waals surface area contributed by atoms with E-state index in [-0.39, 0.29) is 11.8 Å². The van der Waals surface area contributed by atoms with Crippen molar-refractivity contribution in [2.24, 2.45) is 11.8 Å². The number of rotatable bonds is 3. The Morgan fingerprint density at radius 3 is 2.44 bits per heavy atom. The van der Waals surface area contributed by atoms with Crippen LogP contribution < -0.4 is 9.64 Å². The average Bonchev–Trinajstić information content (AvgIpc) is 3.43. The first kappa shape index (κ1) is 22.8. The maximum absolute atomic E-state index is 12.5. The first-order valence-corrected chi connectivity index (χ1v) is 11.7. The van der Waals surface area contributed by atoms with E-state index in [0.29, 0.717) is 41.1 Å². The summed E-state index contributed by atoms with van der Waals surface area (Å²) in [5.74, 6) is 0.422. The first-order valence-electron chi connectivity index (χ1n) is 10.9. The molecule has 182 valence electrons. The summed E-state index contributed by atoms with van der Waals surface area (Å²) in [5, 5.41) is 5.47. The highest BCUT2D eigenvalue weighted by Gasteiger charge is 2.43. The van der Waals surface area contributed by atoms with Gasteiger partial charge >= 0.3 is 12.5 Å². The molecule has 0 bridgehead atoms. The summed E-state index contributed by atoms with van der Waals surface area (Å²) >= 11 is 1.43. The van der Waals surface area contributed by atoms with Crippen molar-refractivity contribution in [2.45, 2.75) is 32.7 Å². The smallest absolute Gasteiger partial charge is 0.444 e. The van der Waals surface area contributed by atoms with Gasteiger partial charge in [-0.05, 0) is 32.9 Å². The quantitative estimate of drug-likeness (QED) is 0.526. The SMILES string of the molecule is CC(C)(C)OC(=O)N1C[C@@H]2CN(c3nn4cc(-c5cccc(OC(F)(F)F)c5)nc4s3)C[C@@H]2C1. The standard InChI is InChI=1S/C22H24F3N5O3S/c1-21(2,3)33-20(31)29-10-14-8-28(9-15(14)11-29)19-27-30-12-17(26-18(30)34-19)13-5-4-6-16(7-13)32-22(23,24)25/h4-7,12,14-15H,8-11H2,1-3H3/t14-,15+. The summed E-state index contributed by atoms with van der Waals surface area (Å²) < 4.78 is 48.7. The molecule has 1 aromatic carbocycles. The zero-order chi connectivity index (χ0) is 24.3. The van der Waals surface area contributed by atoms with E-state index in [2.05, 4.69) is 19.7 Å². The van der Waals surface area contributed by atoms with Gasteiger partial charge in [0.1, 0.15) is 11.4 Å². The minimum atomic E-state index is -4.75. The van der Waals surface area contributed by atoms with Crippen molar-refractivity contribution in [1.29, 1.82) is 0 Å². The van der Waals surface area contributed by atoms with Gasteiger partial charge in [-0.2, -0.15) is 0 Å². The predicted octanol–water partition coefficient (Wildman–Crippen LogP) is 4.66. The van der Waals surface area contributed by atoms with E-state index in [9.17, 15) is 18.0 Å². The van der Waals surface area contributed by atoms with Crippen LogP contribution >= 0.6 is 11.3 Å². The maximum Gasteiger partial charge on any atom is 0.573 e. The van der Waals surface area contributed by atoms with Gasteiger partial charge in [0, 0.05) is 43.6 Å². The van der Waals surface area contributed by atoms with Crippen molar-refractivity contribution in [2.75, 3.05) is 31.1 Å². The van der Waals surface area contributed by atoms with E-state index in [4.69, 9.17) is 4.74 Å². The molecule has 8 nitrogen and oxygen atoms in total. The number of hydrogen-bond acceptors (Lipinski definition) is 7. The third kappa shape index (κ3) is 4.77. The van der Waals surface area contributed by atoms with Gasteiger partial charge in [-0.1, -0.05) is 23.5 Å². The highest BCUT2D eigenvalue weighted by Crippen LogP contribution is 2.37. The Morgan fingerprint density at radius 2 is 1.82 bits per heavy atom. The van der Waals surface area contributed by atoms with Gasteiger partial charge in [-0.25, -0.2) is 14.3 Å². The summed E-state index contributed by atoms with van der Waals surface area (Å²) in [7, 11) is 0. The largest absolute Gasteiger partial charge is 0.573 e. The Morgan fingerprint density at radius 1 is 1.12 bits per heavy atom. The second-order valence-corrected chi connectivity index (χ2v) is 10.6. The van der Waals surface area contributed by atoms with Crippen LogP contribution in [0.25, 0.3) is 16.2 Å². The van der Waals surface area contributed by atoms with Crippen LogP contribution in [0.5, 0.6) is 5.75 Å². The molecule has 2 atom stereocenters. The van der Waals surface area contributed by atoms with Crippen LogP contribution in [0.1, 0.15) is 20.8 Å². The van der Waals surface area contributed by atoms with Crippen molar-refractivity contribution in [3.05, 3.63) is 30.5 Å². The number of fused-ring (bicyclic) bond motifs is 2. The number of ether oxygens (including phenoxy) is 2. The summed E-state index contributed by atoms with van der Waals surface area (Å²) in [5.41, 5.74) is 0.519. The van der Waals surface area contributed by atoms with Crippen LogP contribution in [0, 0.1) is 11.8 Å². The second kappa shape index (κ2) is 8.03. The fraction of sp³-hybridized carbons (Fsp3) is 0.500. The monoisotopic (exact) mass is 495 g/mol. The van der Waals surface area contributed by atoms with Gasteiger partial charge in [0.15, 0.2) is 0 Å². The Bertz CT molecular complexity index is 1170. The lowest BCUT2D eigenvalue weighted by molar-refractivity contribution is -0.274. The van der Waals surface area contributed by atoms with Gasteiger partial charge in [0.2, 0.25) is 10.1 Å². The molecule has 5 rings (SSSR count). The molecular weight excluding hydrogens is 471 g/mol. The number of halogens is 3. The normalized spacial score (nSPS) is 20.8. The molecule has 2 aliphatic rings. The first-order chi connectivity index (χ1) is 15.9. The topological polar surface area (TPSA) is 72.2 Å². The molecule has 3 aromatic rings. The van der Waals surface area contributed by atoms with Crippen LogP contribution in [-0.4, -0.2) is 63.7 Å². The van der Waals surface area contributed by atoms with Gasteiger partial charge in [0.25, 0.3) is 0 Å². The van der Waals surface area contributed by atoms with E-state index in [0.717, 1.165) is 18.2 Å². The number of benzene rings is 1. The molecule has 0 saturated carbocycles. The number of alkyl halides is 3. The molecule has 34 heavy (non-hydrogen) atoms. The number of hydrogen-bond donors (Lipinski definition) is 0. The van der Waals surface area contributed by atoms with E-state index < -0.39 is 12.0 Å². The average molecular weight is 496 g/mol. The van der Waals surface area contributed by atoms with Crippen LogP contribution in [0.2, 0.25) is 0 Å². The number of carbonyl (C=O) groups is 1. The molecule has 2 aliphatic heterocycles. The molecule has 0 N–H and O–H groups in total. The number of anilines is 1. The lowest BCUT2D eigenvalue weighted by Crippen LogP contribution is -2.37. The minimum absolute atomic E-state index is 0.265. The predicted molar refractivity (Wildman–Crippen MR) is 120 cm³/mol. The third-order valence-corrected chi connectivity index (χ3v) is 6.79. The molecule has 0 unspecified atom stereocenters. The number of nitrogens with zero attached hydrogens (tertiary/aromatic N) is 5. The molecule has 4 heterocycles. The maximum atomic E-state index is 12.5. The van der Waals surface area contributed by atoms with Crippen LogP contribution in [-0.2, 0) is 4.74 Å². The number of aromatic nitrogens is 3. The van der Waals surface area contributed by atoms with Gasteiger partial charge in [-0.15, -0.1) is 18.3 Å². The lowest BCUT2D eigenvalue weighted by atomic mass is 10.0. The highest BCUT2D eigenvalue weighted by molar-refractivity contribution is 7.20. The van der Waals surface area contributed by atoms with E-state index in [1.54, 1.807) is 21.7 Å². The summed E-state index contributed by atoms with van der Waals surface area (Å²) in [6.45, 7) is 8.51. The zero-order valence-electron chi connectivity index (χ0n) is 18.9. The summed E-state index contributed by atoms with van der Waals surface area (Å²) in [6.07, 6.45) is -3.32. The summed E-state index contributed by atoms with van der Waals surface area (Å²) in [6, 6.07) is 5.72. The van der Waals surface area contributed by atoms with Crippen molar-refractivity contribution in [1.82, 2.24) is 19.5 Å². The molecule has 12 heteroatoms. The minimum Gasteiger partial charge on any atom is -0.444 e. The molecule has 1 amide bonds. The van der Waals surface area contributed by atoms with E-state index in [1.807, 2.05) is 20.8 Å². The number of imidazole rings is 1. The fourth-order valence-electron chi connectivity index (χ4n) is 4.43. The Kier molecular flexibility index (Phi) is 5.38. The van der Waals surface area contributed by atoms with Crippen LogP contribution in [0.4, 0.5) is 23.1 Å². The van der Waals surface area contributed by atoms with Crippen molar-refractivity contribution < 1.29 is 27.4 Å². The highest BCUT2D eigenvalue weighted by atomic mass is 32.1. The Balaban J connectivity index is 1.25. The van der Waals surface area contributed by atoms with Gasteiger partial charge in [0.05, 0.1) is 11.9 Å². The molecular formula is C22H24F3N5O3S. The van der Waals surface area contributed by atoms with Gasteiger partial charge < -0.3 is 19.3 Å². The third-order valence-electron chi connectivity index (χ3n) is 5.80.